The van der Waals surface area contributed by atoms with Crippen molar-refractivity contribution in [2.24, 2.45) is 5.92 Å². The van der Waals surface area contributed by atoms with Crippen molar-refractivity contribution in [2.45, 2.75) is 62.1 Å². The molecule has 0 amide bonds. The smallest absolute Gasteiger partial charge is 0.151 e. The minimum atomic E-state index is 0.180. The van der Waals surface area contributed by atoms with Crippen molar-refractivity contribution in [1.29, 1.82) is 0 Å². The van der Waals surface area contributed by atoms with Gasteiger partial charge in [0.2, 0.25) is 0 Å². The molecule has 0 saturated heterocycles. The maximum absolute atomic E-state index is 12.7. The fourth-order valence-electron chi connectivity index (χ4n) is 3.93. The van der Waals surface area contributed by atoms with Gasteiger partial charge in [-0.2, -0.15) is 0 Å². The summed E-state index contributed by atoms with van der Waals surface area (Å²) in [5.41, 5.74) is 4.16. The molecule has 1 aromatic carbocycles. The van der Waals surface area contributed by atoms with E-state index >= 15 is 0 Å². The van der Waals surface area contributed by atoms with E-state index in [0.29, 0.717) is 18.3 Å². The van der Waals surface area contributed by atoms with Crippen molar-refractivity contribution < 1.29 is 14.1 Å². The lowest BCUT2D eigenvalue weighted by molar-refractivity contribution is -0.123. The molecule has 4 rings (SSSR count). The number of ether oxygens (including phenoxy) is 1. The Balaban J connectivity index is 1.40. The molecule has 2 heterocycles. The number of Topliss-reactive ketones (excluding diaryl/α,β-unsaturated/α-hetero) is 1. The first-order valence-electron chi connectivity index (χ1n) is 10.0. The summed E-state index contributed by atoms with van der Waals surface area (Å²) in [4.78, 5) is 17.5. The number of nitrogens with zero attached hydrogens (tertiary/aromatic N) is 2. The maximum atomic E-state index is 12.7. The van der Waals surface area contributed by atoms with Crippen LogP contribution in [0.5, 0.6) is 0 Å². The Hall–Kier alpha value is -1.70. The zero-order chi connectivity index (χ0) is 20.4. The summed E-state index contributed by atoms with van der Waals surface area (Å²) in [6.07, 6.45) is 4.72. The van der Waals surface area contributed by atoms with Gasteiger partial charge in [0.1, 0.15) is 11.5 Å². The summed E-state index contributed by atoms with van der Waals surface area (Å²) in [7, 11) is 1.76. The molecule has 0 radical (unpaired) electrons. The maximum Gasteiger partial charge on any atom is 0.151 e. The highest BCUT2D eigenvalue weighted by atomic mass is 32.2. The first-order chi connectivity index (χ1) is 14.0. The normalized spacial score (nSPS) is 19.7. The minimum Gasteiger partial charge on any atom is -0.381 e. The number of carbonyl (C=O) groups excluding carboxylic acids is 1. The highest BCUT2D eigenvalue weighted by Crippen LogP contribution is 2.34. The Kier molecular flexibility index (Phi) is 6.37. The fraction of sp³-hybridized carbons (Fsp3) is 0.500. The van der Waals surface area contributed by atoms with Gasteiger partial charge in [-0.15, -0.1) is 11.3 Å². The Morgan fingerprint density at radius 1 is 1.28 bits per heavy atom. The monoisotopic (exact) mass is 430 g/mol. The highest BCUT2D eigenvalue weighted by Gasteiger charge is 2.26. The second-order valence-corrected chi connectivity index (χ2v) is 9.98. The predicted octanol–water partition coefficient (Wildman–Crippen LogP) is 5.51. The summed E-state index contributed by atoms with van der Waals surface area (Å²) in [6, 6.07) is 6.21. The van der Waals surface area contributed by atoms with Gasteiger partial charge in [-0.25, -0.2) is 4.98 Å². The van der Waals surface area contributed by atoms with Crippen LogP contribution < -0.4 is 0 Å². The zero-order valence-corrected chi connectivity index (χ0v) is 18.7. The lowest BCUT2D eigenvalue weighted by atomic mass is 9.83. The molecule has 1 aliphatic carbocycles. The topological polar surface area (TPSA) is 65.2 Å². The standard InChI is InChI=1S/C22H26N2O3S2/c1-13-18(14(2)27-24-13)12-28-22-23-19-9-4-15(11-21(19)29-22)10-20(25)16-5-7-17(26-3)8-6-16/h4,9,11,16-17H,5-8,10,12H2,1-3H3. The van der Waals surface area contributed by atoms with E-state index in [9.17, 15) is 4.79 Å². The Labute approximate surface area is 179 Å². The van der Waals surface area contributed by atoms with E-state index in [4.69, 9.17) is 14.2 Å². The van der Waals surface area contributed by atoms with Gasteiger partial charge >= 0.3 is 0 Å². The Morgan fingerprint density at radius 3 is 2.76 bits per heavy atom. The lowest BCUT2D eigenvalue weighted by Gasteiger charge is -2.26. The number of aromatic nitrogens is 2. The molecular formula is C22H26N2O3S2. The largest absolute Gasteiger partial charge is 0.381 e. The van der Waals surface area contributed by atoms with E-state index in [-0.39, 0.29) is 5.92 Å². The van der Waals surface area contributed by atoms with Crippen LogP contribution >= 0.6 is 23.1 Å². The molecule has 154 valence electrons. The number of carbonyl (C=O) groups is 1. The number of fused-ring (bicyclic) bond motifs is 1. The van der Waals surface area contributed by atoms with Crippen molar-refractivity contribution in [3.05, 3.63) is 40.8 Å². The third-order valence-electron chi connectivity index (χ3n) is 5.80. The molecule has 1 saturated carbocycles. The summed E-state index contributed by atoms with van der Waals surface area (Å²) in [5.74, 6) is 2.21. The number of hydrogen-bond donors (Lipinski definition) is 0. The van der Waals surface area contributed by atoms with E-state index in [1.54, 1.807) is 30.2 Å². The minimum absolute atomic E-state index is 0.180. The number of aryl methyl sites for hydroxylation is 2. The summed E-state index contributed by atoms with van der Waals surface area (Å²) in [6.45, 7) is 3.91. The summed E-state index contributed by atoms with van der Waals surface area (Å²) in [5, 5.41) is 4.01. The van der Waals surface area contributed by atoms with Crippen LogP contribution in [0, 0.1) is 19.8 Å². The molecule has 0 bridgehead atoms. The van der Waals surface area contributed by atoms with Crippen LogP contribution in [0.4, 0.5) is 0 Å². The van der Waals surface area contributed by atoms with Crippen molar-refractivity contribution in [2.75, 3.05) is 7.11 Å². The van der Waals surface area contributed by atoms with Gasteiger partial charge in [0, 0.05) is 30.8 Å². The average Bonchev–Trinajstić information content (AvgIpc) is 3.28. The van der Waals surface area contributed by atoms with Gasteiger partial charge in [0.05, 0.1) is 22.0 Å². The summed E-state index contributed by atoms with van der Waals surface area (Å²) < 4.78 is 12.8. The molecule has 7 heteroatoms. The number of methoxy groups -OCH3 is 1. The van der Waals surface area contributed by atoms with Crippen LogP contribution in [0.2, 0.25) is 0 Å². The molecular weight excluding hydrogens is 404 g/mol. The SMILES string of the molecule is COC1CCC(C(=O)Cc2ccc3nc(SCc4c(C)noc4C)sc3c2)CC1. The second-order valence-electron chi connectivity index (χ2n) is 7.73. The Morgan fingerprint density at radius 2 is 2.07 bits per heavy atom. The molecule has 0 N–H and O–H groups in total. The fourth-order valence-corrected chi connectivity index (χ4v) is 6.21. The van der Waals surface area contributed by atoms with E-state index in [0.717, 1.165) is 68.6 Å². The average molecular weight is 431 g/mol. The lowest BCUT2D eigenvalue weighted by Crippen LogP contribution is -2.26. The molecule has 0 atom stereocenters. The van der Waals surface area contributed by atoms with Gasteiger partial charge in [0.15, 0.2) is 4.34 Å². The number of ketones is 1. The van der Waals surface area contributed by atoms with Crippen LogP contribution in [0.3, 0.4) is 0 Å². The molecule has 29 heavy (non-hydrogen) atoms. The molecule has 0 spiro atoms. The number of benzene rings is 1. The van der Waals surface area contributed by atoms with Crippen LogP contribution in [0.15, 0.2) is 27.1 Å². The molecule has 0 unspecified atom stereocenters. The number of thiazole rings is 1. The van der Waals surface area contributed by atoms with Crippen molar-refractivity contribution in [1.82, 2.24) is 10.1 Å². The number of hydrogen-bond acceptors (Lipinski definition) is 7. The van der Waals surface area contributed by atoms with Crippen LogP contribution in [0.1, 0.15) is 48.3 Å². The van der Waals surface area contributed by atoms with Gasteiger partial charge in [0.25, 0.3) is 0 Å². The Bertz CT molecular complexity index is 983. The van der Waals surface area contributed by atoms with Crippen LogP contribution in [-0.2, 0) is 21.7 Å². The zero-order valence-electron chi connectivity index (χ0n) is 17.1. The molecule has 3 aromatic rings. The van der Waals surface area contributed by atoms with Crippen molar-refractivity contribution in [3.63, 3.8) is 0 Å². The van der Waals surface area contributed by atoms with Gasteiger partial charge < -0.3 is 9.26 Å². The van der Waals surface area contributed by atoms with Crippen LogP contribution in [0.25, 0.3) is 10.2 Å². The first kappa shape index (κ1) is 20.6. The van der Waals surface area contributed by atoms with E-state index in [1.807, 2.05) is 26.0 Å². The van der Waals surface area contributed by atoms with Crippen molar-refractivity contribution >= 4 is 39.1 Å². The molecule has 2 aromatic heterocycles. The molecule has 1 fully saturated rings. The molecule has 0 aliphatic heterocycles. The van der Waals surface area contributed by atoms with E-state index in [2.05, 4.69) is 11.2 Å². The third kappa shape index (κ3) is 4.73. The molecule has 5 nitrogen and oxygen atoms in total. The summed E-state index contributed by atoms with van der Waals surface area (Å²) >= 11 is 3.39. The van der Waals surface area contributed by atoms with Crippen molar-refractivity contribution in [3.8, 4) is 0 Å². The molecule has 1 aliphatic rings. The van der Waals surface area contributed by atoms with Gasteiger partial charge in [-0.3, -0.25) is 4.79 Å². The highest BCUT2D eigenvalue weighted by molar-refractivity contribution is 8.00. The van der Waals surface area contributed by atoms with Gasteiger partial charge in [-0.1, -0.05) is 23.0 Å². The van der Waals surface area contributed by atoms with E-state index in [1.165, 1.54) is 0 Å². The number of thioether (sulfide) groups is 1. The quantitative estimate of drug-likeness (QED) is 0.461. The predicted molar refractivity (Wildman–Crippen MR) is 117 cm³/mol. The number of rotatable bonds is 7. The van der Waals surface area contributed by atoms with E-state index < -0.39 is 0 Å². The van der Waals surface area contributed by atoms with Crippen LogP contribution in [-0.4, -0.2) is 29.1 Å². The first-order valence-corrected chi connectivity index (χ1v) is 11.8. The third-order valence-corrected chi connectivity index (χ3v) is 7.98. The second kappa shape index (κ2) is 8.98. The van der Waals surface area contributed by atoms with Gasteiger partial charge in [-0.05, 0) is 57.2 Å².